The predicted molar refractivity (Wildman–Crippen MR) is 84.5 cm³/mol. The summed E-state index contributed by atoms with van der Waals surface area (Å²) in [5.74, 6) is 0.148. The summed E-state index contributed by atoms with van der Waals surface area (Å²) in [6.07, 6.45) is 1.95. The van der Waals surface area contributed by atoms with Gasteiger partial charge in [-0.15, -0.1) is 0 Å². The number of amides is 1. The summed E-state index contributed by atoms with van der Waals surface area (Å²) in [5.41, 5.74) is 0.939. The summed E-state index contributed by atoms with van der Waals surface area (Å²) in [4.78, 5) is 16.3. The number of ether oxygens (including phenoxy) is 2. The van der Waals surface area contributed by atoms with E-state index in [9.17, 15) is 4.79 Å². The fourth-order valence-corrected chi connectivity index (χ4v) is 2.71. The van der Waals surface area contributed by atoms with Gasteiger partial charge in [-0.2, -0.15) is 4.98 Å². The van der Waals surface area contributed by atoms with E-state index in [0.29, 0.717) is 35.4 Å². The van der Waals surface area contributed by atoms with Gasteiger partial charge in [0.1, 0.15) is 17.0 Å². The van der Waals surface area contributed by atoms with Crippen LogP contribution in [0.4, 0.5) is 0 Å². The predicted octanol–water partition coefficient (Wildman–Crippen LogP) is 3.63. The number of carbonyl (C=O) groups excluding carboxylic acids is 1. The summed E-state index contributed by atoms with van der Waals surface area (Å²) in [6.45, 7) is 2.65. The molecule has 8 heteroatoms. The van der Waals surface area contributed by atoms with Crippen LogP contribution in [0, 0.1) is 0 Å². The maximum atomic E-state index is 12.3. The minimum atomic E-state index is -0.358. The van der Waals surface area contributed by atoms with Gasteiger partial charge in [0.05, 0.1) is 24.3 Å². The van der Waals surface area contributed by atoms with E-state index >= 15 is 0 Å². The number of nitrogens with zero attached hydrogens (tertiary/aromatic N) is 1. The summed E-state index contributed by atoms with van der Waals surface area (Å²) < 4.78 is 15.7. The maximum Gasteiger partial charge on any atom is 0.394 e. The molecule has 2 aromatic rings. The molecular weight excluding hydrogens is 343 g/mol. The van der Waals surface area contributed by atoms with E-state index in [1.807, 2.05) is 0 Å². The molecule has 1 atom stereocenters. The third-order valence-corrected chi connectivity index (χ3v) is 4.18. The van der Waals surface area contributed by atoms with Crippen molar-refractivity contribution in [2.24, 2.45) is 0 Å². The number of rotatable bonds is 4. The van der Waals surface area contributed by atoms with Crippen LogP contribution in [0.15, 0.2) is 22.8 Å². The first kappa shape index (κ1) is 16.0. The Hall–Kier alpha value is -1.92. The standard InChI is InChI=1S/C15H14Cl2N2O4/c1-2-21-15-19-11(7-23-15)14(20)18-10-5-6-22-13-8(10)3-4-9(16)12(13)17/h3-4,7,10H,2,5-6H2,1H3,(H,18,20). The molecule has 1 aliphatic heterocycles. The lowest BCUT2D eigenvalue weighted by Crippen LogP contribution is -2.32. The Bertz CT molecular complexity index is 732. The number of aromatic nitrogens is 1. The first-order valence-electron chi connectivity index (χ1n) is 7.10. The molecule has 0 aliphatic carbocycles. The monoisotopic (exact) mass is 356 g/mol. The van der Waals surface area contributed by atoms with Gasteiger partial charge in [-0.1, -0.05) is 29.3 Å². The number of halogens is 2. The maximum absolute atomic E-state index is 12.3. The largest absolute Gasteiger partial charge is 0.492 e. The van der Waals surface area contributed by atoms with Gasteiger partial charge in [0.25, 0.3) is 5.91 Å². The highest BCUT2D eigenvalue weighted by atomic mass is 35.5. The Balaban J connectivity index is 1.79. The molecule has 0 saturated carbocycles. The Kier molecular flexibility index (Phi) is 4.63. The fourth-order valence-electron chi connectivity index (χ4n) is 2.34. The molecule has 1 N–H and O–H groups in total. The molecule has 1 amide bonds. The number of nitrogens with one attached hydrogen (secondary N) is 1. The first-order valence-corrected chi connectivity index (χ1v) is 7.85. The minimum Gasteiger partial charge on any atom is -0.492 e. The number of hydrogen-bond acceptors (Lipinski definition) is 5. The summed E-state index contributed by atoms with van der Waals surface area (Å²) in [7, 11) is 0. The quantitative estimate of drug-likeness (QED) is 0.905. The second-order valence-corrected chi connectivity index (χ2v) is 5.66. The van der Waals surface area contributed by atoms with Gasteiger partial charge in [-0.25, -0.2) is 0 Å². The molecule has 1 aromatic heterocycles. The fraction of sp³-hybridized carbons (Fsp3) is 0.333. The molecule has 23 heavy (non-hydrogen) atoms. The van der Waals surface area contributed by atoms with Gasteiger partial charge in [0.15, 0.2) is 5.69 Å². The highest BCUT2D eigenvalue weighted by Gasteiger charge is 2.27. The van der Waals surface area contributed by atoms with Crippen molar-refractivity contribution < 1.29 is 18.7 Å². The molecule has 1 aromatic carbocycles. The summed E-state index contributed by atoms with van der Waals surface area (Å²) in [5, 5.41) is 3.66. The van der Waals surface area contributed by atoms with E-state index in [4.69, 9.17) is 37.1 Å². The Labute approximate surface area is 142 Å². The highest BCUT2D eigenvalue weighted by molar-refractivity contribution is 6.43. The molecule has 0 spiro atoms. The lowest BCUT2D eigenvalue weighted by Gasteiger charge is -2.27. The molecule has 0 fully saturated rings. The van der Waals surface area contributed by atoms with Crippen molar-refractivity contribution in [1.82, 2.24) is 10.3 Å². The van der Waals surface area contributed by atoms with Crippen molar-refractivity contribution in [3.05, 3.63) is 39.7 Å². The van der Waals surface area contributed by atoms with Crippen LogP contribution in [-0.4, -0.2) is 24.1 Å². The molecule has 0 radical (unpaired) electrons. The topological polar surface area (TPSA) is 73.6 Å². The van der Waals surface area contributed by atoms with E-state index in [1.165, 1.54) is 6.26 Å². The van der Waals surface area contributed by atoms with Crippen molar-refractivity contribution in [3.8, 4) is 11.8 Å². The van der Waals surface area contributed by atoms with Crippen LogP contribution in [0.5, 0.6) is 11.8 Å². The zero-order valence-electron chi connectivity index (χ0n) is 12.3. The lowest BCUT2D eigenvalue weighted by atomic mass is 10.0. The number of fused-ring (bicyclic) bond motifs is 1. The SMILES string of the molecule is CCOc1nc(C(=O)NC2CCOc3c2ccc(Cl)c3Cl)co1. The molecule has 122 valence electrons. The zero-order valence-corrected chi connectivity index (χ0v) is 13.8. The Morgan fingerprint density at radius 2 is 2.30 bits per heavy atom. The van der Waals surface area contributed by atoms with Gasteiger partial charge in [0, 0.05) is 12.0 Å². The van der Waals surface area contributed by atoms with Gasteiger partial charge in [0.2, 0.25) is 0 Å². The third kappa shape index (κ3) is 3.23. The van der Waals surface area contributed by atoms with Crippen molar-refractivity contribution in [2.75, 3.05) is 13.2 Å². The number of oxazole rings is 1. The summed E-state index contributed by atoms with van der Waals surface area (Å²) in [6, 6.07) is 3.23. The Morgan fingerprint density at radius 1 is 1.48 bits per heavy atom. The van der Waals surface area contributed by atoms with Crippen LogP contribution in [0.2, 0.25) is 10.0 Å². The van der Waals surface area contributed by atoms with Crippen LogP contribution < -0.4 is 14.8 Å². The van der Waals surface area contributed by atoms with Gasteiger partial charge >= 0.3 is 6.08 Å². The first-order chi connectivity index (χ1) is 11.1. The molecule has 1 unspecified atom stereocenters. The lowest BCUT2D eigenvalue weighted by molar-refractivity contribution is 0.0919. The van der Waals surface area contributed by atoms with Crippen molar-refractivity contribution in [2.45, 2.75) is 19.4 Å². The van der Waals surface area contributed by atoms with Crippen LogP contribution in [0.25, 0.3) is 0 Å². The second-order valence-electron chi connectivity index (χ2n) is 4.87. The molecule has 2 heterocycles. The number of hydrogen-bond donors (Lipinski definition) is 1. The van der Waals surface area contributed by atoms with Crippen molar-refractivity contribution in [3.63, 3.8) is 0 Å². The van der Waals surface area contributed by atoms with E-state index in [2.05, 4.69) is 10.3 Å². The van der Waals surface area contributed by atoms with Gasteiger partial charge < -0.3 is 19.2 Å². The molecule has 1 aliphatic rings. The van der Waals surface area contributed by atoms with Crippen LogP contribution in [0.3, 0.4) is 0 Å². The number of benzene rings is 1. The number of carbonyl (C=O) groups is 1. The van der Waals surface area contributed by atoms with Crippen molar-refractivity contribution >= 4 is 29.1 Å². The molecule has 0 saturated heterocycles. The normalized spacial score (nSPS) is 16.4. The van der Waals surface area contributed by atoms with Crippen LogP contribution in [-0.2, 0) is 0 Å². The van der Waals surface area contributed by atoms with Gasteiger partial charge in [-0.3, -0.25) is 4.79 Å². The average molecular weight is 357 g/mol. The van der Waals surface area contributed by atoms with Crippen LogP contribution in [0.1, 0.15) is 35.4 Å². The Morgan fingerprint density at radius 3 is 3.09 bits per heavy atom. The third-order valence-electron chi connectivity index (χ3n) is 3.40. The van der Waals surface area contributed by atoms with Gasteiger partial charge in [-0.05, 0) is 13.0 Å². The van der Waals surface area contributed by atoms with E-state index in [1.54, 1.807) is 19.1 Å². The highest BCUT2D eigenvalue weighted by Crippen LogP contribution is 2.41. The average Bonchev–Trinajstić information content (AvgIpc) is 3.00. The second kappa shape index (κ2) is 6.68. The molecule has 6 nitrogen and oxygen atoms in total. The molecule has 3 rings (SSSR count). The van der Waals surface area contributed by atoms with E-state index in [-0.39, 0.29) is 23.7 Å². The zero-order chi connectivity index (χ0) is 16.4. The van der Waals surface area contributed by atoms with E-state index in [0.717, 1.165) is 5.56 Å². The molecular formula is C15H14Cl2N2O4. The smallest absolute Gasteiger partial charge is 0.394 e. The van der Waals surface area contributed by atoms with Crippen LogP contribution >= 0.6 is 23.2 Å². The van der Waals surface area contributed by atoms with E-state index < -0.39 is 0 Å². The molecule has 0 bridgehead atoms. The van der Waals surface area contributed by atoms with Crippen molar-refractivity contribution in [1.29, 1.82) is 0 Å². The minimum absolute atomic E-state index is 0.0693. The summed E-state index contributed by atoms with van der Waals surface area (Å²) >= 11 is 12.1.